The number of carbonyl (C=O) groups excluding carboxylic acids is 3. The summed E-state index contributed by atoms with van der Waals surface area (Å²) in [5, 5.41) is 0.289. The summed E-state index contributed by atoms with van der Waals surface area (Å²) in [6.07, 6.45) is 2.08. The second-order valence-electron chi connectivity index (χ2n) is 8.75. The average Bonchev–Trinajstić information content (AvgIpc) is 2.98. The van der Waals surface area contributed by atoms with Crippen LogP contribution in [0.4, 0.5) is 0 Å². The summed E-state index contributed by atoms with van der Waals surface area (Å²) < 4.78 is 29.5. The van der Waals surface area contributed by atoms with E-state index in [-0.39, 0.29) is 28.2 Å². The van der Waals surface area contributed by atoms with Gasteiger partial charge < -0.3 is 9.64 Å². The van der Waals surface area contributed by atoms with E-state index in [1.807, 2.05) is 0 Å². The van der Waals surface area contributed by atoms with Crippen LogP contribution < -0.4 is 0 Å². The lowest BCUT2D eigenvalue weighted by atomic mass is 9.81. The van der Waals surface area contributed by atoms with Crippen molar-refractivity contribution in [2.24, 2.45) is 0 Å². The molecule has 1 amide bonds. The number of esters is 1. The quantitative estimate of drug-likeness (QED) is 0.484. The molecule has 0 saturated carbocycles. The van der Waals surface area contributed by atoms with Gasteiger partial charge in [0.1, 0.15) is 5.92 Å². The van der Waals surface area contributed by atoms with Gasteiger partial charge in [-0.3, -0.25) is 14.4 Å². The molecule has 0 radical (unpaired) electrons. The third-order valence-electron chi connectivity index (χ3n) is 6.38. The second kappa shape index (κ2) is 8.25. The molecule has 0 N–H and O–H groups in total. The Morgan fingerprint density at radius 1 is 1.21 bits per heavy atom. The number of ketones is 1. The van der Waals surface area contributed by atoms with Crippen molar-refractivity contribution in [3.05, 3.63) is 52.5 Å². The molecule has 0 bridgehead atoms. The molecule has 2 saturated heterocycles. The smallest absolute Gasteiger partial charge is 0.322 e. The summed E-state index contributed by atoms with van der Waals surface area (Å²) in [5.74, 6) is -2.28. The zero-order chi connectivity index (χ0) is 24.1. The minimum Gasteiger partial charge on any atom is -0.448 e. The van der Waals surface area contributed by atoms with E-state index in [1.54, 1.807) is 31.2 Å². The molecule has 2 aliphatic heterocycles. The van der Waals surface area contributed by atoms with Gasteiger partial charge in [-0.05, 0) is 60.7 Å². The van der Waals surface area contributed by atoms with Crippen LogP contribution in [-0.4, -0.2) is 55.9 Å². The molecule has 174 valence electrons. The topological polar surface area (TPSA) is 97.8 Å². The van der Waals surface area contributed by atoms with Gasteiger partial charge in [0.2, 0.25) is 5.91 Å². The van der Waals surface area contributed by atoms with Crippen molar-refractivity contribution in [1.82, 2.24) is 4.90 Å². The van der Waals surface area contributed by atoms with Crippen LogP contribution in [0.2, 0.25) is 5.02 Å². The number of ether oxygens (including phenoxy) is 1. The summed E-state index contributed by atoms with van der Waals surface area (Å²) in [7, 11) is -3.40. The van der Waals surface area contributed by atoms with Gasteiger partial charge in [0.05, 0.1) is 11.4 Å². The summed E-state index contributed by atoms with van der Waals surface area (Å²) in [6, 6.07) is 9.75. The van der Waals surface area contributed by atoms with Crippen LogP contribution in [0.15, 0.2) is 41.3 Å². The van der Waals surface area contributed by atoms with E-state index in [9.17, 15) is 22.8 Å². The predicted octanol–water partition coefficient (Wildman–Crippen LogP) is 3.31. The van der Waals surface area contributed by atoms with E-state index >= 15 is 0 Å². The molecule has 2 unspecified atom stereocenters. The maximum atomic E-state index is 13.4. The number of carbonyl (C=O) groups is 3. The van der Waals surface area contributed by atoms with E-state index in [0.717, 1.165) is 6.26 Å². The van der Waals surface area contributed by atoms with Crippen molar-refractivity contribution in [1.29, 1.82) is 0 Å². The van der Waals surface area contributed by atoms with Crippen molar-refractivity contribution >= 4 is 39.1 Å². The summed E-state index contributed by atoms with van der Waals surface area (Å²) in [5.41, 5.74) is 0.990. The number of hydrogen-bond donors (Lipinski definition) is 0. The van der Waals surface area contributed by atoms with E-state index in [0.29, 0.717) is 41.6 Å². The van der Waals surface area contributed by atoms with Gasteiger partial charge in [0, 0.05) is 30.3 Å². The third-order valence-corrected chi connectivity index (χ3v) is 7.81. The Balaban J connectivity index is 1.71. The monoisotopic (exact) mass is 489 g/mol. The lowest BCUT2D eigenvalue weighted by Gasteiger charge is -2.37. The number of piperidine rings is 1. The maximum Gasteiger partial charge on any atom is 0.322 e. The van der Waals surface area contributed by atoms with Crippen LogP contribution in [0.5, 0.6) is 0 Å². The largest absolute Gasteiger partial charge is 0.448 e. The third kappa shape index (κ3) is 4.17. The lowest BCUT2D eigenvalue weighted by molar-refractivity contribution is -0.160. The van der Waals surface area contributed by atoms with Gasteiger partial charge in [-0.2, -0.15) is 0 Å². The maximum absolute atomic E-state index is 13.4. The fourth-order valence-corrected chi connectivity index (χ4v) is 5.59. The SMILES string of the molecule is CC(=O)N1CCCC2(C1)OC(=O)C(c1cc(Cl)c(-c3cccc(S(C)(=O)=O)c3)cc1C)C2=O. The van der Waals surface area contributed by atoms with Crippen LogP contribution in [0.1, 0.15) is 36.8 Å². The van der Waals surface area contributed by atoms with Crippen molar-refractivity contribution in [2.75, 3.05) is 19.3 Å². The Morgan fingerprint density at radius 2 is 1.94 bits per heavy atom. The Hall–Kier alpha value is -2.71. The molecule has 2 fully saturated rings. The molecule has 9 heteroatoms. The molecule has 2 heterocycles. The number of rotatable bonds is 3. The number of hydrogen-bond acceptors (Lipinski definition) is 6. The molecular weight excluding hydrogens is 466 g/mol. The predicted molar refractivity (Wildman–Crippen MR) is 123 cm³/mol. The van der Waals surface area contributed by atoms with Gasteiger partial charge in [0.15, 0.2) is 21.2 Å². The van der Waals surface area contributed by atoms with Crippen LogP contribution in [0.3, 0.4) is 0 Å². The first-order valence-electron chi connectivity index (χ1n) is 10.6. The highest BCUT2D eigenvalue weighted by atomic mass is 35.5. The summed E-state index contributed by atoms with van der Waals surface area (Å²) in [4.78, 5) is 39.9. The molecule has 33 heavy (non-hydrogen) atoms. The number of likely N-dealkylation sites (tertiary alicyclic amines) is 1. The highest BCUT2D eigenvalue weighted by Gasteiger charge is 2.57. The normalized spacial score (nSPS) is 23.2. The van der Waals surface area contributed by atoms with E-state index in [1.165, 1.54) is 24.0 Å². The highest BCUT2D eigenvalue weighted by Crippen LogP contribution is 2.42. The average molecular weight is 490 g/mol. The molecular formula is C24H24ClNO6S. The molecule has 2 aliphatic rings. The zero-order valence-corrected chi connectivity index (χ0v) is 20.1. The Morgan fingerprint density at radius 3 is 2.61 bits per heavy atom. The number of halogens is 1. The number of aryl methyl sites for hydroxylation is 1. The van der Waals surface area contributed by atoms with Crippen LogP contribution >= 0.6 is 11.6 Å². The zero-order valence-electron chi connectivity index (χ0n) is 18.6. The van der Waals surface area contributed by atoms with Crippen LogP contribution in [0.25, 0.3) is 11.1 Å². The summed E-state index contributed by atoms with van der Waals surface area (Å²) >= 11 is 6.55. The molecule has 7 nitrogen and oxygen atoms in total. The number of amides is 1. The number of Topliss-reactive ketones (excluding diaryl/α,β-unsaturated/α-hetero) is 1. The fourth-order valence-electron chi connectivity index (χ4n) is 4.64. The van der Waals surface area contributed by atoms with E-state index < -0.39 is 27.3 Å². The van der Waals surface area contributed by atoms with Crippen molar-refractivity contribution in [3.8, 4) is 11.1 Å². The fraction of sp³-hybridized carbons (Fsp3) is 0.375. The molecule has 1 spiro atoms. The van der Waals surface area contributed by atoms with Crippen molar-refractivity contribution in [2.45, 2.75) is 43.1 Å². The first-order valence-corrected chi connectivity index (χ1v) is 12.8. The van der Waals surface area contributed by atoms with Crippen molar-refractivity contribution in [3.63, 3.8) is 0 Å². The minimum atomic E-state index is -3.40. The van der Waals surface area contributed by atoms with Gasteiger partial charge >= 0.3 is 5.97 Å². The number of nitrogens with zero attached hydrogens (tertiary/aromatic N) is 1. The number of sulfone groups is 1. The standard InChI is InChI=1S/C24H24ClNO6S/c1-14-10-19(16-6-4-7-17(11-16)33(3,30)31)20(25)12-18(14)21-22(28)24(32-23(21)29)8-5-9-26(13-24)15(2)27/h4,6-7,10-12,21H,5,8-9,13H2,1-3H3. The first kappa shape index (κ1) is 23.4. The Kier molecular flexibility index (Phi) is 5.87. The van der Waals surface area contributed by atoms with Gasteiger partial charge in [-0.15, -0.1) is 0 Å². The molecule has 2 aromatic rings. The molecule has 4 rings (SSSR count). The first-order chi connectivity index (χ1) is 15.4. The van der Waals surface area contributed by atoms with Crippen LogP contribution in [-0.2, 0) is 29.0 Å². The minimum absolute atomic E-state index is 0.0621. The number of benzene rings is 2. The Labute approximate surface area is 197 Å². The van der Waals surface area contributed by atoms with Crippen molar-refractivity contribution < 1.29 is 27.5 Å². The molecule has 0 aliphatic carbocycles. The molecule has 2 aromatic carbocycles. The highest BCUT2D eigenvalue weighted by molar-refractivity contribution is 7.90. The Bertz CT molecular complexity index is 1290. The van der Waals surface area contributed by atoms with Gasteiger partial charge in [-0.1, -0.05) is 23.7 Å². The lowest BCUT2D eigenvalue weighted by Crippen LogP contribution is -2.53. The van der Waals surface area contributed by atoms with E-state index in [2.05, 4.69) is 0 Å². The summed E-state index contributed by atoms with van der Waals surface area (Å²) in [6.45, 7) is 3.79. The van der Waals surface area contributed by atoms with Crippen LogP contribution in [0, 0.1) is 6.92 Å². The van der Waals surface area contributed by atoms with Gasteiger partial charge in [-0.25, -0.2) is 8.42 Å². The molecule has 0 aromatic heterocycles. The van der Waals surface area contributed by atoms with Gasteiger partial charge in [0.25, 0.3) is 0 Å². The molecule has 2 atom stereocenters. The second-order valence-corrected chi connectivity index (χ2v) is 11.2. The van der Waals surface area contributed by atoms with E-state index in [4.69, 9.17) is 16.3 Å².